The van der Waals surface area contributed by atoms with E-state index in [1.165, 1.54) is 0 Å². The number of ether oxygens (including phenoxy) is 2. The summed E-state index contributed by atoms with van der Waals surface area (Å²) >= 11 is 0. The number of rotatable bonds is 11. The number of aliphatic hydroxyl groups is 4. The molecule has 1 aliphatic carbocycles. The number of alkyl carbamates (subject to hydrolysis) is 1. The maximum Gasteiger partial charge on any atom is 0.407 e. The lowest BCUT2D eigenvalue weighted by atomic mass is 9.98. The van der Waals surface area contributed by atoms with Gasteiger partial charge in [0.15, 0.2) is 6.23 Å². The third kappa shape index (κ3) is 7.03. The monoisotopic (exact) mass is 587 g/mol. The van der Waals surface area contributed by atoms with Crippen molar-refractivity contribution in [2.45, 2.75) is 55.4 Å². The van der Waals surface area contributed by atoms with E-state index < -0.39 is 80.1 Å². The smallest absolute Gasteiger partial charge is 0.407 e. The van der Waals surface area contributed by atoms with E-state index in [-0.39, 0.29) is 18.9 Å². The number of carbonyl (C=O) groups is 4. The third-order valence-corrected chi connectivity index (χ3v) is 7.22. The zero-order valence-electron chi connectivity index (χ0n) is 22.4. The molecule has 14 nitrogen and oxygen atoms in total. The van der Waals surface area contributed by atoms with Crippen molar-refractivity contribution in [2.75, 3.05) is 19.8 Å². The summed E-state index contributed by atoms with van der Waals surface area (Å²) in [5.74, 6) is -3.18. The van der Waals surface area contributed by atoms with Crippen LogP contribution in [0.1, 0.15) is 29.9 Å². The maximum absolute atomic E-state index is 12.8. The molecule has 0 bridgehead atoms. The number of fused-ring (bicyclic) bond motifs is 3. The van der Waals surface area contributed by atoms with Crippen LogP contribution in [0, 0.1) is 0 Å². The molecule has 0 unspecified atom stereocenters. The highest BCUT2D eigenvalue weighted by Gasteiger charge is 2.44. The van der Waals surface area contributed by atoms with Gasteiger partial charge in [0.05, 0.1) is 13.2 Å². The van der Waals surface area contributed by atoms with E-state index in [0.29, 0.717) is 0 Å². The number of aliphatic carboxylic acids is 1. The fraction of sp³-hybridized carbons (Fsp3) is 0.429. The lowest BCUT2D eigenvalue weighted by Crippen LogP contribution is -2.63. The van der Waals surface area contributed by atoms with Crippen molar-refractivity contribution >= 4 is 23.9 Å². The Hall–Kier alpha value is -4.08. The molecule has 226 valence electrons. The first kappa shape index (κ1) is 30.9. The van der Waals surface area contributed by atoms with Crippen LogP contribution < -0.4 is 16.0 Å². The van der Waals surface area contributed by atoms with Crippen LogP contribution in [0.15, 0.2) is 48.5 Å². The van der Waals surface area contributed by atoms with E-state index in [1.807, 2.05) is 48.5 Å². The Morgan fingerprint density at radius 2 is 1.52 bits per heavy atom. The normalized spacial score (nSPS) is 23.7. The fourth-order valence-electron chi connectivity index (χ4n) is 5.04. The van der Waals surface area contributed by atoms with Gasteiger partial charge in [0.25, 0.3) is 0 Å². The molecule has 2 aromatic rings. The average molecular weight is 588 g/mol. The van der Waals surface area contributed by atoms with Crippen LogP contribution in [-0.4, -0.2) is 106 Å². The third-order valence-electron chi connectivity index (χ3n) is 7.22. The molecule has 1 saturated heterocycles. The van der Waals surface area contributed by atoms with E-state index in [2.05, 4.69) is 16.0 Å². The van der Waals surface area contributed by atoms with Gasteiger partial charge in [0.2, 0.25) is 11.8 Å². The standard InChI is InChI=1S/C28H33N3O11/c32-12-20-23(36)24(37)25(38)27(42-20)31-21(33)11-29-26(39)19(9-10-22(34)35)30-28(40)41-13-18-16-7-3-1-5-14(16)15-6-2-4-8-17(15)18/h1-8,18-20,23-25,27,32,36-38H,9-13H2,(H,29,39)(H,30,40)(H,31,33)(H,34,35)/t19-,20+,23+,24-,25-,27+/m0/s1. The molecule has 14 heteroatoms. The van der Waals surface area contributed by atoms with Gasteiger partial charge in [0, 0.05) is 12.3 Å². The number of carboxylic acids is 1. The van der Waals surface area contributed by atoms with Gasteiger partial charge < -0.3 is 51.0 Å². The van der Waals surface area contributed by atoms with Crippen molar-refractivity contribution in [3.63, 3.8) is 0 Å². The van der Waals surface area contributed by atoms with Gasteiger partial charge in [-0.2, -0.15) is 0 Å². The number of hydrogen-bond acceptors (Lipinski definition) is 10. The predicted octanol–water partition coefficient (Wildman–Crippen LogP) is -1.21. The van der Waals surface area contributed by atoms with Gasteiger partial charge in [0.1, 0.15) is 37.1 Å². The van der Waals surface area contributed by atoms with Crippen LogP contribution in [0.2, 0.25) is 0 Å². The molecular weight excluding hydrogens is 554 g/mol. The highest BCUT2D eigenvalue weighted by atomic mass is 16.6. The summed E-state index contributed by atoms with van der Waals surface area (Å²) in [6, 6.07) is 14.1. The lowest BCUT2D eigenvalue weighted by molar-refractivity contribution is -0.235. The highest BCUT2D eigenvalue weighted by Crippen LogP contribution is 2.44. The summed E-state index contributed by atoms with van der Waals surface area (Å²) in [5.41, 5.74) is 4.03. The van der Waals surface area contributed by atoms with Crippen molar-refractivity contribution in [3.8, 4) is 11.1 Å². The molecule has 6 atom stereocenters. The Bertz CT molecular complexity index is 1260. The van der Waals surface area contributed by atoms with Crippen molar-refractivity contribution in [2.24, 2.45) is 0 Å². The first-order chi connectivity index (χ1) is 20.1. The lowest BCUT2D eigenvalue weighted by Gasteiger charge is -2.40. The quantitative estimate of drug-likeness (QED) is 0.156. The minimum absolute atomic E-state index is 0.0331. The fourth-order valence-corrected chi connectivity index (χ4v) is 5.04. The molecule has 42 heavy (non-hydrogen) atoms. The second-order valence-corrected chi connectivity index (χ2v) is 9.99. The second-order valence-electron chi connectivity index (χ2n) is 9.99. The van der Waals surface area contributed by atoms with Crippen molar-refractivity contribution in [1.29, 1.82) is 0 Å². The molecule has 1 aliphatic heterocycles. The molecule has 2 aliphatic rings. The first-order valence-electron chi connectivity index (χ1n) is 13.3. The number of aliphatic hydroxyl groups excluding tert-OH is 4. The Morgan fingerprint density at radius 3 is 2.12 bits per heavy atom. The van der Waals surface area contributed by atoms with Gasteiger partial charge >= 0.3 is 12.1 Å². The predicted molar refractivity (Wildman–Crippen MR) is 144 cm³/mol. The highest BCUT2D eigenvalue weighted by molar-refractivity contribution is 5.90. The van der Waals surface area contributed by atoms with Gasteiger partial charge in [-0.3, -0.25) is 14.4 Å². The molecule has 0 radical (unpaired) electrons. The van der Waals surface area contributed by atoms with Crippen LogP contribution in [0.25, 0.3) is 11.1 Å². The molecular formula is C28H33N3O11. The van der Waals surface area contributed by atoms with Crippen LogP contribution in [0.4, 0.5) is 4.79 Å². The van der Waals surface area contributed by atoms with Crippen LogP contribution in [0.5, 0.6) is 0 Å². The van der Waals surface area contributed by atoms with Crippen molar-refractivity contribution in [3.05, 3.63) is 59.7 Å². The second kappa shape index (κ2) is 13.7. The van der Waals surface area contributed by atoms with Gasteiger partial charge in [-0.15, -0.1) is 0 Å². The topological polar surface area (TPSA) is 224 Å². The zero-order valence-corrected chi connectivity index (χ0v) is 22.4. The van der Waals surface area contributed by atoms with Crippen molar-refractivity contribution < 1.29 is 54.2 Å². The van der Waals surface area contributed by atoms with Crippen LogP contribution in [-0.2, 0) is 23.9 Å². The number of amides is 3. The summed E-state index contributed by atoms with van der Waals surface area (Å²) in [6.07, 6.45) is -9.49. The molecule has 3 amide bonds. The largest absolute Gasteiger partial charge is 0.481 e. The van der Waals surface area contributed by atoms with E-state index in [0.717, 1.165) is 22.3 Å². The molecule has 2 aromatic carbocycles. The average Bonchev–Trinajstić information content (AvgIpc) is 3.30. The molecule has 0 aromatic heterocycles. The summed E-state index contributed by atoms with van der Waals surface area (Å²) in [5, 5.41) is 55.0. The molecule has 1 fully saturated rings. The van der Waals surface area contributed by atoms with E-state index >= 15 is 0 Å². The summed E-state index contributed by atoms with van der Waals surface area (Å²) in [6.45, 7) is -1.39. The number of hydrogen-bond donors (Lipinski definition) is 8. The molecule has 4 rings (SSSR count). The van der Waals surface area contributed by atoms with E-state index in [1.54, 1.807) is 0 Å². The summed E-state index contributed by atoms with van der Waals surface area (Å²) in [7, 11) is 0. The molecule has 0 saturated carbocycles. The SMILES string of the molecule is O=C(O)CC[C@H](NC(=O)OCC1c2ccccc2-c2ccccc21)C(=O)NCC(=O)N[C@@H]1O[C@H](CO)[C@@H](O)[C@H](O)[C@@H]1O. The number of benzene rings is 2. The van der Waals surface area contributed by atoms with Crippen LogP contribution in [0.3, 0.4) is 0 Å². The van der Waals surface area contributed by atoms with Gasteiger partial charge in [-0.1, -0.05) is 48.5 Å². The maximum atomic E-state index is 12.8. The van der Waals surface area contributed by atoms with Gasteiger partial charge in [-0.25, -0.2) is 4.79 Å². The van der Waals surface area contributed by atoms with E-state index in [4.69, 9.17) is 14.6 Å². The minimum Gasteiger partial charge on any atom is -0.481 e. The Labute approximate surface area is 240 Å². The first-order valence-corrected chi connectivity index (χ1v) is 13.3. The minimum atomic E-state index is -1.72. The number of carbonyl (C=O) groups excluding carboxylic acids is 3. The van der Waals surface area contributed by atoms with Gasteiger partial charge in [-0.05, 0) is 28.7 Å². The Morgan fingerprint density at radius 1 is 0.905 bits per heavy atom. The summed E-state index contributed by atoms with van der Waals surface area (Å²) in [4.78, 5) is 49.0. The molecule has 8 N–H and O–H groups in total. The molecule has 1 heterocycles. The number of carboxylic acid groups (broad SMARTS) is 1. The van der Waals surface area contributed by atoms with E-state index in [9.17, 15) is 39.6 Å². The van der Waals surface area contributed by atoms with Crippen LogP contribution >= 0.6 is 0 Å². The zero-order chi connectivity index (χ0) is 30.4. The number of nitrogens with one attached hydrogen (secondary N) is 3. The Kier molecular flexibility index (Phi) is 10.1. The molecule has 0 spiro atoms. The van der Waals surface area contributed by atoms with Crippen molar-refractivity contribution in [1.82, 2.24) is 16.0 Å². The Balaban J connectivity index is 1.32. The summed E-state index contributed by atoms with van der Waals surface area (Å²) < 4.78 is 10.6.